The quantitative estimate of drug-likeness (QED) is 0.469. The summed E-state index contributed by atoms with van der Waals surface area (Å²) in [6.07, 6.45) is 2.85. The SMILES string of the molecule is CN=C(NCCCOCC(C)C)N1CCN(c2ccccn2)CC1. The molecule has 0 aliphatic carbocycles. The first kappa shape index (κ1) is 18.5. The van der Waals surface area contributed by atoms with Crippen LogP contribution in [0.25, 0.3) is 0 Å². The number of pyridine rings is 1. The van der Waals surface area contributed by atoms with Crippen molar-refractivity contribution in [1.82, 2.24) is 15.2 Å². The van der Waals surface area contributed by atoms with Gasteiger partial charge in [0.1, 0.15) is 5.82 Å². The Morgan fingerprint density at radius 1 is 1.29 bits per heavy atom. The van der Waals surface area contributed by atoms with Crippen molar-refractivity contribution < 1.29 is 4.74 Å². The molecule has 0 amide bonds. The third-order valence-electron chi connectivity index (χ3n) is 3.96. The molecule has 1 aliphatic rings. The van der Waals surface area contributed by atoms with Crippen molar-refractivity contribution in [2.75, 3.05) is 57.9 Å². The van der Waals surface area contributed by atoms with Gasteiger partial charge in [0.15, 0.2) is 5.96 Å². The second-order valence-electron chi connectivity index (χ2n) is 6.46. The zero-order valence-corrected chi connectivity index (χ0v) is 15.2. The molecule has 0 saturated carbocycles. The Balaban J connectivity index is 1.68. The van der Waals surface area contributed by atoms with Crippen molar-refractivity contribution in [1.29, 1.82) is 0 Å². The number of aromatic nitrogens is 1. The number of hydrogen-bond donors (Lipinski definition) is 1. The van der Waals surface area contributed by atoms with E-state index in [1.54, 1.807) is 0 Å². The van der Waals surface area contributed by atoms with Gasteiger partial charge in [-0.3, -0.25) is 4.99 Å². The standard InChI is InChI=1S/C18H31N5O/c1-16(2)15-24-14-6-9-21-18(19-3)23-12-10-22(11-13-23)17-7-4-5-8-20-17/h4-5,7-8,16H,6,9-15H2,1-3H3,(H,19,21). The molecule has 0 atom stereocenters. The molecule has 1 saturated heterocycles. The lowest BCUT2D eigenvalue weighted by Gasteiger charge is -2.37. The van der Waals surface area contributed by atoms with Crippen molar-refractivity contribution >= 4 is 11.8 Å². The third-order valence-corrected chi connectivity index (χ3v) is 3.96. The predicted octanol–water partition coefficient (Wildman–Crippen LogP) is 1.84. The van der Waals surface area contributed by atoms with E-state index in [-0.39, 0.29) is 0 Å². The molecular weight excluding hydrogens is 302 g/mol. The van der Waals surface area contributed by atoms with Crippen LogP contribution in [0.2, 0.25) is 0 Å². The van der Waals surface area contributed by atoms with Gasteiger partial charge in [-0.05, 0) is 24.5 Å². The minimum absolute atomic E-state index is 0.598. The first-order valence-corrected chi connectivity index (χ1v) is 8.90. The number of aliphatic imine (C=N–C) groups is 1. The van der Waals surface area contributed by atoms with Crippen LogP contribution in [0.5, 0.6) is 0 Å². The molecule has 0 aromatic carbocycles. The first-order valence-electron chi connectivity index (χ1n) is 8.90. The fourth-order valence-electron chi connectivity index (χ4n) is 2.71. The van der Waals surface area contributed by atoms with E-state index in [0.29, 0.717) is 5.92 Å². The molecule has 2 heterocycles. The van der Waals surface area contributed by atoms with E-state index < -0.39 is 0 Å². The summed E-state index contributed by atoms with van der Waals surface area (Å²) in [6, 6.07) is 6.06. The summed E-state index contributed by atoms with van der Waals surface area (Å²) >= 11 is 0. The summed E-state index contributed by atoms with van der Waals surface area (Å²) in [5, 5.41) is 3.44. The average molecular weight is 333 g/mol. The Morgan fingerprint density at radius 3 is 2.71 bits per heavy atom. The lowest BCUT2D eigenvalue weighted by atomic mass is 10.2. The Morgan fingerprint density at radius 2 is 2.08 bits per heavy atom. The van der Waals surface area contributed by atoms with Crippen LogP contribution in [0.1, 0.15) is 20.3 Å². The number of nitrogens with zero attached hydrogens (tertiary/aromatic N) is 4. The lowest BCUT2D eigenvalue weighted by molar-refractivity contribution is 0.108. The highest BCUT2D eigenvalue weighted by Crippen LogP contribution is 2.12. The van der Waals surface area contributed by atoms with E-state index >= 15 is 0 Å². The minimum atomic E-state index is 0.598. The fraction of sp³-hybridized carbons (Fsp3) is 0.667. The van der Waals surface area contributed by atoms with Crippen LogP contribution >= 0.6 is 0 Å². The first-order chi connectivity index (χ1) is 11.7. The van der Waals surface area contributed by atoms with Crippen LogP contribution in [0.15, 0.2) is 29.4 Å². The van der Waals surface area contributed by atoms with E-state index in [0.717, 1.165) is 64.1 Å². The molecule has 6 heteroatoms. The van der Waals surface area contributed by atoms with E-state index in [2.05, 4.69) is 45.0 Å². The van der Waals surface area contributed by atoms with Crippen molar-refractivity contribution in [2.45, 2.75) is 20.3 Å². The Kier molecular flexibility index (Phi) is 7.82. The van der Waals surface area contributed by atoms with E-state index in [1.165, 1.54) is 0 Å². The van der Waals surface area contributed by atoms with Gasteiger partial charge in [-0.2, -0.15) is 0 Å². The lowest BCUT2D eigenvalue weighted by Crippen LogP contribution is -2.52. The summed E-state index contributed by atoms with van der Waals surface area (Å²) in [4.78, 5) is 13.5. The molecule has 0 spiro atoms. The van der Waals surface area contributed by atoms with E-state index in [4.69, 9.17) is 4.74 Å². The molecule has 0 radical (unpaired) electrons. The summed E-state index contributed by atoms with van der Waals surface area (Å²) in [5.74, 6) is 2.64. The molecule has 0 bridgehead atoms. The van der Waals surface area contributed by atoms with Gasteiger partial charge in [-0.15, -0.1) is 0 Å². The zero-order valence-electron chi connectivity index (χ0n) is 15.2. The Hall–Kier alpha value is -1.82. The molecule has 1 fully saturated rings. The highest BCUT2D eigenvalue weighted by atomic mass is 16.5. The average Bonchev–Trinajstić information content (AvgIpc) is 2.62. The summed E-state index contributed by atoms with van der Waals surface area (Å²) < 4.78 is 5.61. The Labute approximate surface area is 145 Å². The van der Waals surface area contributed by atoms with Crippen LogP contribution in [-0.2, 0) is 4.74 Å². The Bertz CT molecular complexity index is 483. The number of piperazine rings is 1. The van der Waals surface area contributed by atoms with Gasteiger partial charge in [-0.1, -0.05) is 19.9 Å². The van der Waals surface area contributed by atoms with Crippen molar-refractivity contribution in [2.24, 2.45) is 10.9 Å². The topological polar surface area (TPSA) is 53.0 Å². The zero-order chi connectivity index (χ0) is 17.2. The van der Waals surface area contributed by atoms with Gasteiger partial charge in [0.2, 0.25) is 0 Å². The molecule has 134 valence electrons. The summed E-state index contributed by atoms with van der Waals surface area (Å²) in [5.41, 5.74) is 0. The van der Waals surface area contributed by atoms with Gasteiger partial charge < -0.3 is 19.9 Å². The number of anilines is 1. The molecule has 1 N–H and O–H groups in total. The summed E-state index contributed by atoms with van der Waals surface area (Å²) in [6.45, 7) is 10.7. The maximum atomic E-state index is 5.61. The fourth-order valence-corrected chi connectivity index (χ4v) is 2.71. The van der Waals surface area contributed by atoms with Crippen molar-refractivity contribution in [3.8, 4) is 0 Å². The van der Waals surface area contributed by atoms with Crippen LogP contribution in [-0.4, -0.2) is 68.8 Å². The minimum Gasteiger partial charge on any atom is -0.381 e. The number of hydrogen-bond acceptors (Lipinski definition) is 4. The molecule has 1 aliphatic heterocycles. The molecular formula is C18H31N5O. The van der Waals surface area contributed by atoms with E-state index in [1.807, 2.05) is 25.4 Å². The molecule has 0 unspecified atom stereocenters. The molecule has 1 aromatic rings. The normalized spacial score (nSPS) is 15.9. The van der Waals surface area contributed by atoms with Crippen molar-refractivity contribution in [3.05, 3.63) is 24.4 Å². The largest absolute Gasteiger partial charge is 0.381 e. The van der Waals surface area contributed by atoms with Crippen LogP contribution < -0.4 is 10.2 Å². The maximum Gasteiger partial charge on any atom is 0.193 e. The van der Waals surface area contributed by atoms with Gasteiger partial charge in [0.25, 0.3) is 0 Å². The maximum absolute atomic E-state index is 5.61. The number of ether oxygens (including phenoxy) is 1. The van der Waals surface area contributed by atoms with Crippen molar-refractivity contribution in [3.63, 3.8) is 0 Å². The predicted molar refractivity (Wildman–Crippen MR) is 99.7 cm³/mol. The van der Waals surface area contributed by atoms with Gasteiger partial charge >= 0.3 is 0 Å². The second-order valence-corrected chi connectivity index (χ2v) is 6.46. The number of guanidine groups is 1. The monoisotopic (exact) mass is 333 g/mol. The third kappa shape index (κ3) is 6.00. The summed E-state index contributed by atoms with van der Waals surface area (Å²) in [7, 11) is 1.85. The van der Waals surface area contributed by atoms with Crippen LogP contribution in [0.3, 0.4) is 0 Å². The highest BCUT2D eigenvalue weighted by Gasteiger charge is 2.20. The van der Waals surface area contributed by atoms with Crippen LogP contribution in [0.4, 0.5) is 5.82 Å². The molecule has 6 nitrogen and oxygen atoms in total. The second kappa shape index (κ2) is 10.1. The van der Waals surface area contributed by atoms with Gasteiger partial charge in [0, 0.05) is 59.2 Å². The molecule has 2 rings (SSSR count). The highest BCUT2D eigenvalue weighted by molar-refractivity contribution is 5.80. The van der Waals surface area contributed by atoms with Gasteiger partial charge in [-0.25, -0.2) is 4.98 Å². The molecule has 24 heavy (non-hydrogen) atoms. The van der Waals surface area contributed by atoms with Crippen LogP contribution in [0, 0.1) is 5.92 Å². The smallest absolute Gasteiger partial charge is 0.193 e. The van der Waals surface area contributed by atoms with E-state index in [9.17, 15) is 0 Å². The van der Waals surface area contributed by atoms with Gasteiger partial charge in [0.05, 0.1) is 0 Å². The molecule has 1 aromatic heterocycles. The number of rotatable bonds is 7. The number of nitrogens with one attached hydrogen (secondary N) is 1.